The summed E-state index contributed by atoms with van der Waals surface area (Å²) in [7, 11) is 0. The Kier molecular flexibility index (Phi) is 4.58. The van der Waals surface area contributed by atoms with Crippen LogP contribution in [0, 0.1) is 11.6 Å². The molecule has 1 aliphatic heterocycles. The van der Waals surface area contributed by atoms with Crippen molar-refractivity contribution in [1.29, 1.82) is 0 Å². The molecule has 2 amide bonds. The third-order valence-electron chi connectivity index (χ3n) is 3.13. The molecule has 6 heteroatoms. The fraction of sp³-hybridized carbons (Fsp3) is 0.462. The normalized spacial score (nSPS) is 16.1. The number of halogens is 3. The smallest absolute Gasteiger partial charge is 0.321 e. The van der Waals surface area contributed by atoms with Crippen LogP contribution in [-0.2, 0) is 0 Å². The zero-order valence-electron chi connectivity index (χ0n) is 10.4. The molecule has 0 aliphatic carbocycles. The van der Waals surface area contributed by atoms with Gasteiger partial charge in [-0.05, 0) is 18.9 Å². The number of benzene rings is 1. The number of rotatable bonds is 1. The first-order chi connectivity index (χ1) is 9.08. The topological polar surface area (TPSA) is 32.3 Å². The van der Waals surface area contributed by atoms with E-state index in [1.807, 2.05) is 0 Å². The van der Waals surface area contributed by atoms with Gasteiger partial charge in [0.05, 0.1) is 10.7 Å². The van der Waals surface area contributed by atoms with Crippen LogP contribution in [0.4, 0.5) is 19.3 Å². The van der Waals surface area contributed by atoms with Gasteiger partial charge >= 0.3 is 6.03 Å². The molecular formula is C13H15ClF2N2O. The van der Waals surface area contributed by atoms with E-state index in [0.29, 0.717) is 19.2 Å². The Morgan fingerprint density at radius 1 is 1.16 bits per heavy atom. The van der Waals surface area contributed by atoms with Crippen molar-refractivity contribution in [3.63, 3.8) is 0 Å². The summed E-state index contributed by atoms with van der Waals surface area (Å²) in [6.45, 7) is 1.29. The number of hydrogen-bond acceptors (Lipinski definition) is 1. The lowest BCUT2D eigenvalue weighted by Crippen LogP contribution is -2.35. The molecule has 1 aromatic rings. The summed E-state index contributed by atoms with van der Waals surface area (Å²) in [4.78, 5) is 13.6. The molecule has 1 N–H and O–H groups in total. The minimum Gasteiger partial charge on any atom is -0.325 e. The highest BCUT2D eigenvalue weighted by atomic mass is 35.5. The minimum absolute atomic E-state index is 0.138. The van der Waals surface area contributed by atoms with Crippen LogP contribution < -0.4 is 5.32 Å². The zero-order valence-corrected chi connectivity index (χ0v) is 11.1. The average Bonchev–Trinajstić information content (AvgIpc) is 2.62. The summed E-state index contributed by atoms with van der Waals surface area (Å²) in [5.41, 5.74) is -0.169. The molecule has 0 saturated carbocycles. The van der Waals surface area contributed by atoms with Crippen molar-refractivity contribution in [3.8, 4) is 0 Å². The average molecular weight is 289 g/mol. The van der Waals surface area contributed by atoms with E-state index < -0.39 is 17.7 Å². The Balaban J connectivity index is 2.10. The summed E-state index contributed by atoms with van der Waals surface area (Å²) in [5.74, 6) is -1.64. The van der Waals surface area contributed by atoms with Gasteiger partial charge in [-0.1, -0.05) is 24.4 Å². The number of hydrogen-bond donors (Lipinski definition) is 1. The Labute approximate surface area is 115 Å². The van der Waals surface area contributed by atoms with E-state index in [1.54, 1.807) is 4.90 Å². The number of carbonyl (C=O) groups excluding carboxylic acids is 1. The van der Waals surface area contributed by atoms with Crippen molar-refractivity contribution in [2.24, 2.45) is 0 Å². The molecule has 0 aromatic heterocycles. The molecule has 0 atom stereocenters. The van der Waals surface area contributed by atoms with E-state index in [-0.39, 0.29) is 10.7 Å². The van der Waals surface area contributed by atoms with Crippen LogP contribution in [-0.4, -0.2) is 24.0 Å². The van der Waals surface area contributed by atoms with Crippen molar-refractivity contribution in [2.45, 2.75) is 25.7 Å². The van der Waals surface area contributed by atoms with E-state index in [1.165, 1.54) is 0 Å². The molecule has 0 radical (unpaired) electrons. The fourth-order valence-electron chi connectivity index (χ4n) is 2.12. The maximum absolute atomic E-state index is 13.6. The van der Waals surface area contributed by atoms with Crippen molar-refractivity contribution in [1.82, 2.24) is 4.90 Å². The van der Waals surface area contributed by atoms with E-state index in [9.17, 15) is 13.6 Å². The summed E-state index contributed by atoms with van der Waals surface area (Å²) < 4.78 is 26.5. The highest BCUT2D eigenvalue weighted by molar-refractivity contribution is 6.33. The molecule has 104 valence electrons. The minimum atomic E-state index is -0.867. The van der Waals surface area contributed by atoms with E-state index in [4.69, 9.17) is 11.6 Å². The van der Waals surface area contributed by atoms with Crippen LogP contribution >= 0.6 is 11.6 Å². The standard InChI is InChI=1S/C13H15ClF2N2O/c14-10-7-9(15)8-11(16)12(10)17-13(19)18-5-3-1-2-4-6-18/h7-8H,1-6H2,(H,17,19). The lowest BCUT2D eigenvalue weighted by atomic mass is 10.2. The maximum Gasteiger partial charge on any atom is 0.321 e. The largest absolute Gasteiger partial charge is 0.325 e. The SMILES string of the molecule is O=C(Nc1c(F)cc(F)cc1Cl)N1CCCCCC1. The summed E-state index contributed by atoms with van der Waals surface area (Å²) >= 11 is 5.74. The molecule has 0 bridgehead atoms. The van der Waals surface area contributed by atoms with Crippen LogP contribution in [0.1, 0.15) is 25.7 Å². The zero-order chi connectivity index (χ0) is 13.8. The van der Waals surface area contributed by atoms with Crippen molar-refractivity contribution in [2.75, 3.05) is 18.4 Å². The number of urea groups is 1. The highest BCUT2D eigenvalue weighted by Crippen LogP contribution is 2.26. The van der Waals surface area contributed by atoms with Crippen molar-refractivity contribution >= 4 is 23.3 Å². The van der Waals surface area contributed by atoms with Gasteiger partial charge in [0.2, 0.25) is 0 Å². The quantitative estimate of drug-likeness (QED) is 0.831. The number of anilines is 1. The summed E-state index contributed by atoms with van der Waals surface area (Å²) in [6.07, 6.45) is 4.06. The number of nitrogens with one attached hydrogen (secondary N) is 1. The fourth-order valence-corrected chi connectivity index (χ4v) is 2.36. The second-order valence-corrected chi connectivity index (χ2v) is 4.98. The van der Waals surface area contributed by atoms with E-state index in [0.717, 1.165) is 31.7 Å². The molecule has 3 nitrogen and oxygen atoms in total. The molecule has 2 rings (SSSR count). The van der Waals surface area contributed by atoms with E-state index in [2.05, 4.69) is 5.32 Å². The third-order valence-corrected chi connectivity index (χ3v) is 3.43. The van der Waals surface area contributed by atoms with Gasteiger partial charge in [0.15, 0.2) is 5.82 Å². The number of likely N-dealkylation sites (tertiary alicyclic amines) is 1. The maximum atomic E-state index is 13.6. The van der Waals surface area contributed by atoms with Crippen LogP contribution in [0.25, 0.3) is 0 Å². The van der Waals surface area contributed by atoms with Crippen LogP contribution in [0.2, 0.25) is 5.02 Å². The predicted octanol–water partition coefficient (Wildman–Crippen LogP) is 4.03. The number of amides is 2. The summed E-state index contributed by atoms with van der Waals surface area (Å²) in [5, 5.41) is 2.28. The number of nitrogens with zero attached hydrogens (tertiary/aromatic N) is 1. The van der Waals surface area contributed by atoms with Gasteiger partial charge in [0.25, 0.3) is 0 Å². The van der Waals surface area contributed by atoms with Gasteiger partial charge in [-0.2, -0.15) is 0 Å². The lowest BCUT2D eigenvalue weighted by molar-refractivity contribution is 0.213. The van der Waals surface area contributed by atoms with Crippen molar-refractivity contribution in [3.05, 3.63) is 28.8 Å². The second-order valence-electron chi connectivity index (χ2n) is 4.58. The Morgan fingerprint density at radius 2 is 1.79 bits per heavy atom. The molecular weight excluding hydrogens is 274 g/mol. The monoisotopic (exact) mass is 288 g/mol. The summed E-state index contributed by atoms with van der Waals surface area (Å²) in [6, 6.07) is 1.28. The first-order valence-electron chi connectivity index (χ1n) is 6.28. The molecule has 1 aromatic carbocycles. The number of carbonyl (C=O) groups is 1. The van der Waals surface area contributed by atoms with Gasteiger partial charge < -0.3 is 10.2 Å². The lowest BCUT2D eigenvalue weighted by Gasteiger charge is -2.21. The Bertz CT molecular complexity index is 451. The van der Waals surface area contributed by atoms with Gasteiger partial charge in [-0.25, -0.2) is 13.6 Å². The highest BCUT2D eigenvalue weighted by Gasteiger charge is 2.18. The predicted molar refractivity (Wildman–Crippen MR) is 70.4 cm³/mol. The second kappa shape index (κ2) is 6.19. The Morgan fingerprint density at radius 3 is 2.37 bits per heavy atom. The molecule has 1 aliphatic rings. The first kappa shape index (κ1) is 14.1. The molecule has 1 saturated heterocycles. The molecule has 1 heterocycles. The van der Waals surface area contributed by atoms with Gasteiger partial charge in [-0.3, -0.25) is 0 Å². The van der Waals surface area contributed by atoms with E-state index >= 15 is 0 Å². The molecule has 19 heavy (non-hydrogen) atoms. The third kappa shape index (κ3) is 3.56. The van der Waals surface area contributed by atoms with Crippen LogP contribution in [0.5, 0.6) is 0 Å². The molecule has 0 unspecified atom stereocenters. The van der Waals surface area contributed by atoms with Crippen molar-refractivity contribution < 1.29 is 13.6 Å². The van der Waals surface area contributed by atoms with Gasteiger partial charge in [0.1, 0.15) is 5.82 Å². The first-order valence-corrected chi connectivity index (χ1v) is 6.66. The van der Waals surface area contributed by atoms with Gasteiger partial charge in [0, 0.05) is 19.2 Å². The van der Waals surface area contributed by atoms with Gasteiger partial charge in [-0.15, -0.1) is 0 Å². The van der Waals surface area contributed by atoms with Crippen LogP contribution in [0.3, 0.4) is 0 Å². The Hall–Kier alpha value is -1.36. The van der Waals surface area contributed by atoms with Crippen LogP contribution in [0.15, 0.2) is 12.1 Å². The molecule has 1 fully saturated rings. The molecule has 0 spiro atoms.